The minimum absolute atomic E-state index is 0.00871. The minimum atomic E-state index is -1.94. The SMILES string of the molecule is CC[C@H]1OC(=O)[C@H](C)[C@@H](O[C@H]2C[C@@](C)(OC)C[C@H](C)O2)[C@H](C)[C@@H](O[C@@H]2O[C@H](C)C[C@H](N(C)C(C)C)[C@H]2O)[C@](C)(O)C[C@@H](C)[C@H](OCC(=O)NC)[C@H](C)[C@@H](O)[C@]1(C)O. The van der Waals surface area contributed by atoms with Gasteiger partial charge >= 0.3 is 5.97 Å². The van der Waals surface area contributed by atoms with Crippen molar-refractivity contribution in [2.24, 2.45) is 23.7 Å². The molecule has 0 bridgehead atoms. The third-order valence-electron chi connectivity index (χ3n) is 13.1. The predicted octanol–water partition coefficient (Wildman–Crippen LogP) is 3.16. The van der Waals surface area contributed by atoms with Gasteiger partial charge in [0, 0.05) is 50.9 Å². The first-order chi connectivity index (χ1) is 26.3. The van der Waals surface area contributed by atoms with Crippen LogP contribution in [0.3, 0.4) is 0 Å². The highest BCUT2D eigenvalue weighted by Crippen LogP contribution is 2.42. The summed E-state index contributed by atoms with van der Waals surface area (Å²) in [5, 5.41) is 51.0. The van der Waals surface area contributed by atoms with Crippen LogP contribution >= 0.6 is 0 Å². The molecule has 3 saturated heterocycles. The monoisotopic (exact) mass is 819 g/mol. The van der Waals surface area contributed by atoms with E-state index in [0.29, 0.717) is 19.3 Å². The van der Waals surface area contributed by atoms with Gasteiger partial charge < -0.3 is 58.9 Å². The summed E-state index contributed by atoms with van der Waals surface area (Å²) in [6.07, 6.45) is -7.56. The number of hydrogen-bond donors (Lipinski definition) is 5. The van der Waals surface area contributed by atoms with Crippen LogP contribution in [0.5, 0.6) is 0 Å². The first-order valence-electron chi connectivity index (χ1n) is 21.1. The molecule has 0 aromatic carbocycles. The molecule has 18 atom stereocenters. The standard InChI is InChI=1S/C42H78N2O13/c1-16-30-42(12,50)36(47)26(7)34(52-21-31(45)43-13)23(4)18-41(11,49)37(57-39-33(46)29(17-24(5)54-39)44(14)22(2)3)27(8)35(28(9)38(48)55-30)56-32-20-40(10,51-15)19-25(6)53-32/h22-30,32-37,39,46-47,49-50H,16-21H2,1-15H3,(H,43,45)/t23-,24-,25+,26+,27+,28-,29+,30-,32+,33-,34+,35+,36-,37-,39+,40+,41-,42-/m1/s1. The fourth-order valence-corrected chi connectivity index (χ4v) is 9.46. The number of carbonyl (C=O) groups is 2. The van der Waals surface area contributed by atoms with Crippen molar-refractivity contribution < 1.29 is 63.2 Å². The number of likely N-dealkylation sites (N-methyl/N-ethyl adjacent to an activating group) is 2. The van der Waals surface area contributed by atoms with E-state index in [9.17, 15) is 30.0 Å². The maximum Gasteiger partial charge on any atom is 0.311 e. The molecule has 334 valence electrons. The number of esters is 1. The lowest BCUT2D eigenvalue weighted by molar-refractivity contribution is -0.312. The largest absolute Gasteiger partial charge is 0.459 e. The van der Waals surface area contributed by atoms with Crippen molar-refractivity contribution in [3.05, 3.63) is 0 Å². The molecular formula is C42H78N2O13. The van der Waals surface area contributed by atoms with E-state index in [2.05, 4.69) is 10.2 Å². The fourth-order valence-electron chi connectivity index (χ4n) is 9.46. The molecular weight excluding hydrogens is 740 g/mol. The van der Waals surface area contributed by atoms with Gasteiger partial charge in [-0.25, -0.2) is 0 Å². The van der Waals surface area contributed by atoms with Crippen molar-refractivity contribution in [3.8, 4) is 0 Å². The van der Waals surface area contributed by atoms with E-state index < -0.39 is 102 Å². The number of amides is 1. The Kier molecular flexibility index (Phi) is 17.8. The molecule has 3 aliphatic heterocycles. The molecule has 0 saturated carbocycles. The lowest BCUT2D eigenvalue weighted by Gasteiger charge is -2.49. The van der Waals surface area contributed by atoms with Gasteiger partial charge in [0.25, 0.3) is 0 Å². The lowest BCUT2D eigenvalue weighted by Crippen LogP contribution is -2.61. The second kappa shape index (κ2) is 20.4. The molecule has 3 heterocycles. The molecule has 0 radical (unpaired) electrons. The van der Waals surface area contributed by atoms with Crippen LogP contribution in [0, 0.1) is 23.7 Å². The summed E-state index contributed by atoms with van der Waals surface area (Å²) in [6.45, 7) is 21.4. The summed E-state index contributed by atoms with van der Waals surface area (Å²) < 4.78 is 44.4. The molecule has 3 fully saturated rings. The van der Waals surface area contributed by atoms with Crippen molar-refractivity contribution >= 4 is 11.9 Å². The second-order valence-corrected chi connectivity index (χ2v) is 18.5. The molecule has 15 heteroatoms. The van der Waals surface area contributed by atoms with Crippen LogP contribution in [0.1, 0.15) is 115 Å². The summed E-state index contributed by atoms with van der Waals surface area (Å²) in [6, 6.07) is -0.199. The summed E-state index contributed by atoms with van der Waals surface area (Å²) in [5.41, 5.74) is -4.25. The Balaban J connectivity index is 2.24. The number of ether oxygens (including phenoxy) is 7. The van der Waals surface area contributed by atoms with Crippen LogP contribution in [0.25, 0.3) is 0 Å². The van der Waals surface area contributed by atoms with Crippen LogP contribution in [0.2, 0.25) is 0 Å². The van der Waals surface area contributed by atoms with Crippen LogP contribution in [-0.4, -0.2) is 155 Å². The molecule has 15 nitrogen and oxygen atoms in total. The van der Waals surface area contributed by atoms with Crippen molar-refractivity contribution in [2.45, 2.75) is 205 Å². The number of carbonyl (C=O) groups excluding carboxylic acids is 2. The Morgan fingerprint density at radius 3 is 2.14 bits per heavy atom. The maximum atomic E-state index is 14.3. The summed E-state index contributed by atoms with van der Waals surface area (Å²) >= 11 is 0. The quantitative estimate of drug-likeness (QED) is 0.191. The van der Waals surface area contributed by atoms with Gasteiger partial charge in [-0.05, 0) is 87.6 Å². The number of nitrogens with one attached hydrogen (secondary N) is 1. The zero-order valence-corrected chi connectivity index (χ0v) is 37.4. The molecule has 0 aromatic rings. The third-order valence-corrected chi connectivity index (χ3v) is 13.1. The van der Waals surface area contributed by atoms with E-state index in [4.69, 9.17) is 33.2 Å². The highest BCUT2D eigenvalue weighted by molar-refractivity contribution is 5.76. The first-order valence-corrected chi connectivity index (χ1v) is 21.1. The number of cyclic esters (lactones) is 1. The van der Waals surface area contributed by atoms with Gasteiger partial charge in [0.15, 0.2) is 12.6 Å². The van der Waals surface area contributed by atoms with Crippen molar-refractivity contribution in [1.29, 1.82) is 0 Å². The van der Waals surface area contributed by atoms with E-state index in [1.807, 2.05) is 55.5 Å². The highest BCUT2D eigenvalue weighted by Gasteiger charge is 2.53. The molecule has 3 aliphatic rings. The molecule has 1 amide bonds. The topological polar surface area (TPSA) is 195 Å². The van der Waals surface area contributed by atoms with Gasteiger partial charge in [0.1, 0.15) is 24.4 Å². The number of nitrogens with zero attached hydrogens (tertiary/aromatic N) is 1. The zero-order valence-electron chi connectivity index (χ0n) is 37.4. The molecule has 0 unspecified atom stereocenters. The maximum absolute atomic E-state index is 14.3. The average molecular weight is 819 g/mol. The summed E-state index contributed by atoms with van der Waals surface area (Å²) in [5.74, 6) is -4.24. The van der Waals surface area contributed by atoms with Gasteiger partial charge in [-0.3, -0.25) is 14.5 Å². The van der Waals surface area contributed by atoms with Crippen LogP contribution in [0.4, 0.5) is 0 Å². The molecule has 3 rings (SSSR count). The Labute approximate surface area is 341 Å². The van der Waals surface area contributed by atoms with Crippen molar-refractivity contribution in [1.82, 2.24) is 10.2 Å². The van der Waals surface area contributed by atoms with E-state index in [1.165, 1.54) is 14.0 Å². The van der Waals surface area contributed by atoms with E-state index in [1.54, 1.807) is 34.8 Å². The second-order valence-electron chi connectivity index (χ2n) is 18.5. The van der Waals surface area contributed by atoms with Crippen LogP contribution < -0.4 is 5.32 Å². The number of aliphatic hydroxyl groups is 4. The van der Waals surface area contributed by atoms with Gasteiger partial charge in [0.2, 0.25) is 5.91 Å². The van der Waals surface area contributed by atoms with Crippen LogP contribution in [-0.2, 0) is 42.7 Å². The molecule has 0 aliphatic carbocycles. The average Bonchev–Trinajstić information content (AvgIpc) is 3.13. The Morgan fingerprint density at radius 2 is 1.58 bits per heavy atom. The fraction of sp³-hybridized carbons (Fsp3) is 0.952. The highest BCUT2D eigenvalue weighted by atomic mass is 16.7. The molecule has 57 heavy (non-hydrogen) atoms. The lowest BCUT2D eigenvalue weighted by atomic mass is 9.73. The van der Waals surface area contributed by atoms with E-state index in [0.717, 1.165) is 0 Å². The van der Waals surface area contributed by atoms with Crippen molar-refractivity contribution in [3.63, 3.8) is 0 Å². The Hall–Kier alpha value is -1.50. The Bertz CT molecular complexity index is 1290. The zero-order chi connectivity index (χ0) is 43.4. The number of hydrogen-bond acceptors (Lipinski definition) is 14. The Morgan fingerprint density at radius 1 is 0.947 bits per heavy atom. The predicted molar refractivity (Wildman–Crippen MR) is 213 cm³/mol. The van der Waals surface area contributed by atoms with E-state index in [-0.39, 0.29) is 43.7 Å². The van der Waals surface area contributed by atoms with E-state index >= 15 is 0 Å². The van der Waals surface area contributed by atoms with Gasteiger partial charge in [-0.15, -0.1) is 0 Å². The van der Waals surface area contributed by atoms with Gasteiger partial charge in [-0.1, -0.05) is 27.7 Å². The number of methoxy groups -OCH3 is 1. The van der Waals surface area contributed by atoms with Crippen LogP contribution in [0.15, 0.2) is 0 Å². The smallest absolute Gasteiger partial charge is 0.311 e. The van der Waals surface area contributed by atoms with Crippen molar-refractivity contribution in [2.75, 3.05) is 27.8 Å². The number of aliphatic hydroxyl groups excluding tert-OH is 2. The normalized spacial score (nSPS) is 45.7. The summed E-state index contributed by atoms with van der Waals surface area (Å²) in [4.78, 5) is 28.9. The van der Waals surface area contributed by atoms with Gasteiger partial charge in [-0.2, -0.15) is 0 Å². The third kappa shape index (κ3) is 12.1. The summed E-state index contributed by atoms with van der Waals surface area (Å²) in [7, 11) is 5.07. The minimum Gasteiger partial charge on any atom is -0.459 e. The first kappa shape index (κ1) is 49.9. The molecule has 0 spiro atoms. The molecule has 5 N–H and O–H groups in total. The van der Waals surface area contributed by atoms with Gasteiger partial charge in [0.05, 0.1) is 53.7 Å². The number of rotatable bonds is 11. The molecule has 0 aromatic heterocycles.